The summed E-state index contributed by atoms with van der Waals surface area (Å²) in [4.78, 5) is 13.7. The van der Waals surface area contributed by atoms with Gasteiger partial charge in [-0.2, -0.15) is 0 Å². The van der Waals surface area contributed by atoms with E-state index in [-0.39, 0.29) is 18.0 Å². The molecule has 0 unspecified atom stereocenters. The molecule has 1 amide bonds. The zero-order chi connectivity index (χ0) is 9.26. The van der Waals surface area contributed by atoms with Gasteiger partial charge in [-0.25, -0.2) is 0 Å². The van der Waals surface area contributed by atoms with E-state index in [1.54, 1.807) is 11.8 Å². The molecule has 2 heterocycles. The minimum absolute atomic E-state index is 0.0373. The van der Waals surface area contributed by atoms with Gasteiger partial charge in [-0.05, 0) is 6.42 Å². The first-order valence-electron chi connectivity index (χ1n) is 4.63. The number of carbonyl (C=O) groups excluding carboxylic acids is 1. The van der Waals surface area contributed by atoms with Gasteiger partial charge < -0.3 is 10.6 Å². The van der Waals surface area contributed by atoms with Crippen molar-refractivity contribution in [1.29, 1.82) is 0 Å². The van der Waals surface area contributed by atoms with Gasteiger partial charge in [0.15, 0.2) is 0 Å². The number of nitrogens with two attached hydrogens (primary N) is 1. The van der Waals surface area contributed by atoms with Crippen molar-refractivity contribution in [3.63, 3.8) is 0 Å². The zero-order valence-electron chi connectivity index (χ0n) is 7.53. The van der Waals surface area contributed by atoms with Gasteiger partial charge in [-0.15, -0.1) is 11.8 Å². The van der Waals surface area contributed by atoms with Gasteiger partial charge in [0.2, 0.25) is 5.91 Å². The van der Waals surface area contributed by atoms with Gasteiger partial charge >= 0.3 is 0 Å². The Morgan fingerprint density at radius 3 is 3.00 bits per heavy atom. The maximum absolute atomic E-state index is 11.8. The third-order valence-corrected chi connectivity index (χ3v) is 3.49. The van der Waals surface area contributed by atoms with E-state index in [9.17, 15) is 4.79 Å². The quantitative estimate of drug-likeness (QED) is 0.583. The van der Waals surface area contributed by atoms with E-state index in [2.05, 4.69) is 5.32 Å². The SMILES string of the molecule is N[C@@H]1CCN(C(=O)[C@H]2CSCN2)C1. The molecule has 0 aromatic carbocycles. The molecular formula is C8H15N3OS. The molecule has 2 fully saturated rings. The molecule has 0 aromatic rings. The molecule has 2 aliphatic heterocycles. The number of nitrogens with one attached hydrogen (secondary N) is 1. The summed E-state index contributed by atoms with van der Waals surface area (Å²) < 4.78 is 0. The first-order valence-corrected chi connectivity index (χ1v) is 5.78. The van der Waals surface area contributed by atoms with Crippen LogP contribution in [-0.2, 0) is 4.79 Å². The van der Waals surface area contributed by atoms with Crippen molar-refractivity contribution in [3.05, 3.63) is 0 Å². The lowest BCUT2D eigenvalue weighted by molar-refractivity contribution is -0.131. The Balaban J connectivity index is 1.89. The van der Waals surface area contributed by atoms with Crippen LogP contribution in [0.15, 0.2) is 0 Å². The fourth-order valence-electron chi connectivity index (χ4n) is 1.76. The minimum atomic E-state index is 0.0373. The molecule has 2 aliphatic rings. The molecule has 0 aliphatic carbocycles. The van der Waals surface area contributed by atoms with Crippen LogP contribution in [0, 0.1) is 0 Å². The fourth-order valence-corrected chi connectivity index (χ4v) is 2.69. The molecular weight excluding hydrogens is 186 g/mol. The van der Waals surface area contributed by atoms with Crippen molar-refractivity contribution >= 4 is 17.7 Å². The number of hydrogen-bond donors (Lipinski definition) is 2. The molecule has 0 spiro atoms. The summed E-state index contributed by atoms with van der Waals surface area (Å²) in [5.41, 5.74) is 5.74. The van der Waals surface area contributed by atoms with E-state index in [1.165, 1.54) is 0 Å². The maximum atomic E-state index is 11.8. The van der Waals surface area contributed by atoms with E-state index in [0.29, 0.717) is 0 Å². The third-order valence-electron chi connectivity index (χ3n) is 2.55. The van der Waals surface area contributed by atoms with Crippen molar-refractivity contribution in [2.45, 2.75) is 18.5 Å². The summed E-state index contributed by atoms with van der Waals surface area (Å²) in [6.45, 7) is 1.57. The molecule has 3 N–H and O–H groups in total. The van der Waals surface area contributed by atoms with Gasteiger partial charge in [-0.1, -0.05) is 0 Å². The predicted molar refractivity (Wildman–Crippen MR) is 53.4 cm³/mol. The standard InChI is InChI=1S/C8H15N3OS/c9-6-1-2-11(3-6)8(12)7-4-13-5-10-7/h6-7,10H,1-5,9H2/t6-,7-/m1/s1. The van der Waals surface area contributed by atoms with Crippen LogP contribution >= 0.6 is 11.8 Å². The molecule has 0 radical (unpaired) electrons. The second-order valence-electron chi connectivity index (χ2n) is 3.60. The molecule has 13 heavy (non-hydrogen) atoms. The fraction of sp³-hybridized carbons (Fsp3) is 0.875. The largest absolute Gasteiger partial charge is 0.340 e. The van der Waals surface area contributed by atoms with E-state index in [4.69, 9.17) is 5.73 Å². The molecule has 2 atom stereocenters. The van der Waals surface area contributed by atoms with E-state index >= 15 is 0 Å². The zero-order valence-corrected chi connectivity index (χ0v) is 8.35. The first kappa shape index (κ1) is 9.30. The van der Waals surface area contributed by atoms with Gasteiger partial charge in [0, 0.05) is 30.8 Å². The van der Waals surface area contributed by atoms with Gasteiger partial charge in [0.05, 0.1) is 6.04 Å². The first-order chi connectivity index (χ1) is 6.27. The normalized spacial score (nSPS) is 34.1. The second-order valence-corrected chi connectivity index (χ2v) is 4.64. The van der Waals surface area contributed by atoms with Crippen molar-refractivity contribution in [2.24, 2.45) is 5.73 Å². The lowest BCUT2D eigenvalue weighted by Gasteiger charge is -2.19. The molecule has 5 heteroatoms. The van der Waals surface area contributed by atoms with Crippen LogP contribution in [-0.4, -0.2) is 47.6 Å². The Kier molecular flexibility index (Phi) is 2.76. The van der Waals surface area contributed by atoms with Crippen LogP contribution in [0.4, 0.5) is 0 Å². The summed E-state index contributed by atoms with van der Waals surface area (Å²) in [6.07, 6.45) is 0.950. The highest BCUT2D eigenvalue weighted by atomic mass is 32.2. The van der Waals surface area contributed by atoms with Crippen LogP contribution in [0.5, 0.6) is 0 Å². The van der Waals surface area contributed by atoms with Crippen LogP contribution < -0.4 is 11.1 Å². The Labute approximate surface area is 82.2 Å². The average Bonchev–Trinajstić information content (AvgIpc) is 2.72. The third kappa shape index (κ3) is 1.98. The molecule has 0 bridgehead atoms. The number of carbonyl (C=O) groups is 1. The summed E-state index contributed by atoms with van der Waals surface area (Å²) in [5, 5.41) is 3.18. The highest BCUT2D eigenvalue weighted by Gasteiger charge is 2.30. The van der Waals surface area contributed by atoms with E-state index in [0.717, 1.165) is 31.1 Å². The molecule has 2 rings (SSSR count). The van der Waals surface area contributed by atoms with E-state index in [1.807, 2.05) is 4.90 Å². The summed E-state index contributed by atoms with van der Waals surface area (Å²) in [7, 11) is 0. The highest BCUT2D eigenvalue weighted by molar-refractivity contribution is 7.99. The topological polar surface area (TPSA) is 58.4 Å². The number of likely N-dealkylation sites (tertiary alicyclic amines) is 1. The number of nitrogens with zero attached hydrogens (tertiary/aromatic N) is 1. The minimum Gasteiger partial charge on any atom is -0.340 e. The van der Waals surface area contributed by atoms with Crippen molar-refractivity contribution < 1.29 is 4.79 Å². The lowest BCUT2D eigenvalue weighted by Crippen LogP contribution is -2.44. The Morgan fingerprint density at radius 1 is 1.62 bits per heavy atom. The summed E-state index contributed by atoms with van der Waals surface area (Å²) in [6, 6.07) is 0.230. The van der Waals surface area contributed by atoms with E-state index < -0.39 is 0 Å². The molecule has 2 saturated heterocycles. The molecule has 0 saturated carbocycles. The molecule has 74 valence electrons. The number of hydrogen-bond acceptors (Lipinski definition) is 4. The number of thioether (sulfide) groups is 1. The van der Waals surface area contributed by atoms with Gasteiger partial charge in [0.25, 0.3) is 0 Å². The lowest BCUT2D eigenvalue weighted by atomic mass is 10.3. The Hall–Kier alpha value is -0.260. The Morgan fingerprint density at radius 2 is 2.46 bits per heavy atom. The van der Waals surface area contributed by atoms with Gasteiger partial charge in [0.1, 0.15) is 0 Å². The summed E-state index contributed by atoms with van der Waals surface area (Å²) in [5.74, 6) is 2.04. The molecule has 0 aromatic heterocycles. The second kappa shape index (κ2) is 3.86. The van der Waals surface area contributed by atoms with Crippen molar-refractivity contribution in [3.8, 4) is 0 Å². The van der Waals surface area contributed by atoms with Crippen molar-refractivity contribution in [1.82, 2.24) is 10.2 Å². The monoisotopic (exact) mass is 201 g/mol. The van der Waals surface area contributed by atoms with Crippen LogP contribution in [0.2, 0.25) is 0 Å². The van der Waals surface area contributed by atoms with Crippen LogP contribution in [0.1, 0.15) is 6.42 Å². The summed E-state index contributed by atoms with van der Waals surface area (Å²) >= 11 is 1.78. The van der Waals surface area contributed by atoms with Crippen molar-refractivity contribution in [2.75, 3.05) is 24.7 Å². The predicted octanol–water partition coefficient (Wildman–Crippen LogP) is -0.791. The Bertz CT molecular complexity index is 206. The molecule has 4 nitrogen and oxygen atoms in total. The van der Waals surface area contributed by atoms with Crippen LogP contribution in [0.3, 0.4) is 0 Å². The smallest absolute Gasteiger partial charge is 0.240 e. The number of rotatable bonds is 1. The maximum Gasteiger partial charge on any atom is 0.240 e. The van der Waals surface area contributed by atoms with Gasteiger partial charge in [-0.3, -0.25) is 10.1 Å². The van der Waals surface area contributed by atoms with Crippen LogP contribution in [0.25, 0.3) is 0 Å². The average molecular weight is 201 g/mol. The number of amides is 1. The highest BCUT2D eigenvalue weighted by Crippen LogP contribution is 2.15.